The molecular formula is C21H26BIN3O3-. The van der Waals surface area contributed by atoms with Crippen molar-refractivity contribution in [1.82, 2.24) is 10.3 Å². The third-order valence-corrected chi connectivity index (χ3v) is 6.74. The molecular weight excluding hydrogens is 480 g/mol. The number of hydrogen-bond donors (Lipinski definition) is 2. The van der Waals surface area contributed by atoms with Crippen molar-refractivity contribution >= 4 is 17.3 Å². The number of carbonyl (C=O) groups excluding carboxylic acids is 1. The maximum atomic E-state index is 12.8. The van der Waals surface area contributed by atoms with Crippen molar-refractivity contribution in [1.29, 1.82) is 0 Å². The second-order valence-electron chi connectivity index (χ2n) is 7.52. The summed E-state index contributed by atoms with van der Waals surface area (Å²) in [7, 11) is 1.93. The van der Waals surface area contributed by atoms with Crippen molar-refractivity contribution in [3.63, 3.8) is 0 Å². The number of nitrogens with one attached hydrogen (secondary N) is 1. The summed E-state index contributed by atoms with van der Waals surface area (Å²) in [5.74, 6) is 0.752. The molecule has 0 spiro atoms. The summed E-state index contributed by atoms with van der Waals surface area (Å²) in [4.78, 5) is 18.8. The molecule has 1 aromatic heterocycles. The molecule has 0 aliphatic carbocycles. The quantitative estimate of drug-likeness (QED) is 0.294. The molecule has 2 N–H and O–H groups in total. The Morgan fingerprint density at radius 2 is 2.07 bits per heavy atom. The van der Waals surface area contributed by atoms with Gasteiger partial charge in [-0.15, -0.1) is 0 Å². The molecule has 2 heterocycles. The molecule has 1 aromatic carbocycles. The summed E-state index contributed by atoms with van der Waals surface area (Å²) in [5, 5.41) is 12.7. The van der Waals surface area contributed by atoms with Gasteiger partial charge in [-0.25, -0.2) is 0 Å². The molecule has 6 nitrogen and oxygen atoms in total. The van der Waals surface area contributed by atoms with Gasteiger partial charge in [-0.2, -0.15) is 0 Å². The molecule has 29 heavy (non-hydrogen) atoms. The molecule has 0 bridgehead atoms. The van der Waals surface area contributed by atoms with E-state index < -0.39 is 21.0 Å². The normalized spacial score (nSPS) is 20.6. The molecule has 1 unspecified atom stereocenters. The van der Waals surface area contributed by atoms with Crippen molar-refractivity contribution in [2.75, 3.05) is 18.6 Å². The summed E-state index contributed by atoms with van der Waals surface area (Å²) in [6, 6.07) is 9.12. The maximum absolute atomic E-state index is 12.8. The van der Waals surface area contributed by atoms with E-state index in [9.17, 15) is 9.90 Å². The van der Waals surface area contributed by atoms with Gasteiger partial charge < -0.3 is 0 Å². The van der Waals surface area contributed by atoms with Crippen molar-refractivity contribution in [3.8, 4) is 5.75 Å². The first-order valence-electron chi connectivity index (χ1n) is 9.60. The fourth-order valence-electron chi connectivity index (χ4n) is 3.71. The van der Waals surface area contributed by atoms with Crippen LogP contribution in [0.2, 0.25) is 0 Å². The van der Waals surface area contributed by atoms with Gasteiger partial charge in [0.25, 0.3) is 0 Å². The van der Waals surface area contributed by atoms with E-state index in [4.69, 9.17) is 10.4 Å². The number of halogens is 1. The molecule has 0 saturated heterocycles. The number of benzene rings is 1. The number of pyridine rings is 1. The van der Waals surface area contributed by atoms with E-state index in [1.807, 2.05) is 56.1 Å². The predicted molar refractivity (Wildman–Crippen MR) is 110 cm³/mol. The zero-order valence-corrected chi connectivity index (χ0v) is 19.0. The fraction of sp³-hybridized carbons (Fsp3) is 0.429. The average molecular weight is 506 g/mol. The van der Waals surface area contributed by atoms with Crippen LogP contribution in [0.25, 0.3) is 0 Å². The molecule has 2 aromatic rings. The van der Waals surface area contributed by atoms with Gasteiger partial charge >= 0.3 is 184 Å². The first-order valence-corrected chi connectivity index (χ1v) is 12.1. The number of aromatic nitrogens is 1. The van der Waals surface area contributed by atoms with Gasteiger partial charge in [-0.05, 0) is 0 Å². The van der Waals surface area contributed by atoms with Crippen LogP contribution in [0, 0.1) is 5.92 Å². The Hall–Kier alpha value is -1.81. The summed E-state index contributed by atoms with van der Waals surface area (Å²) in [6.07, 6.45) is 4.03. The van der Waals surface area contributed by atoms with Gasteiger partial charge in [-0.3, -0.25) is 0 Å². The molecule has 1 amide bonds. The van der Waals surface area contributed by atoms with Gasteiger partial charge in [0.2, 0.25) is 0 Å². The zero-order valence-electron chi connectivity index (χ0n) is 16.9. The molecule has 0 saturated carbocycles. The van der Waals surface area contributed by atoms with Gasteiger partial charge in [0.05, 0.1) is 0 Å². The molecule has 2 radical (unpaired) electrons. The molecule has 1 aliphatic rings. The van der Waals surface area contributed by atoms with Crippen LogP contribution in [0.1, 0.15) is 29.1 Å². The second kappa shape index (κ2) is 9.80. The Kier molecular flexibility index (Phi) is 7.40. The van der Waals surface area contributed by atoms with Gasteiger partial charge in [-0.1, -0.05) is 0 Å². The summed E-state index contributed by atoms with van der Waals surface area (Å²) < 4.78 is 6.05. The average Bonchev–Trinajstić information content (AvgIpc) is 2.71. The van der Waals surface area contributed by atoms with Gasteiger partial charge in [0, 0.05) is 0 Å². The van der Waals surface area contributed by atoms with Crippen molar-refractivity contribution in [2.24, 2.45) is 5.92 Å². The third kappa shape index (κ3) is 5.03. The number of ether oxygens (including phenoxy) is 1. The van der Waals surface area contributed by atoms with Crippen LogP contribution in [0.3, 0.4) is 0 Å². The third-order valence-electron chi connectivity index (χ3n) is 5.11. The van der Waals surface area contributed by atoms with E-state index in [-0.39, 0.29) is 34.6 Å². The molecule has 8 heteroatoms. The number of fused-ring (bicyclic) bond motifs is 1. The van der Waals surface area contributed by atoms with Crippen LogP contribution >= 0.6 is 0 Å². The number of alkyl halides is 1. The van der Waals surface area contributed by atoms with Crippen molar-refractivity contribution < 1.29 is 35.6 Å². The Morgan fingerprint density at radius 1 is 1.34 bits per heavy atom. The van der Waals surface area contributed by atoms with Crippen LogP contribution in [0.4, 0.5) is 5.69 Å². The predicted octanol–water partition coefficient (Wildman–Crippen LogP) is -1.17. The number of aliphatic hydroxyl groups excluding tert-OH is 1. The van der Waals surface area contributed by atoms with E-state index in [0.717, 1.165) is 16.8 Å². The van der Waals surface area contributed by atoms with E-state index in [1.165, 1.54) is 0 Å². The molecule has 3 atom stereocenters. The zero-order chi connectivity index (χ0) is 21.0. The Labute approximate surface area is 183 Å². The number of hydrogen-bond acceptors (Lipinski definition) is 5. The Bertz CT molecular complexity index is 837. The Balaban J connectivity index is 1.95. The van der Waals surface area contributed by atoms with E-state index in [0.29, 0.717) is 12.2 Å². The Morgan fingerprint density at radius 3 is 2.69 bits per heavy atom. The standard InChI is InChI=1S/C21H26BIN3O3/c1-13(2)19-21(28)25-16(12-27)10-15-4-5-17(11-18(15)26(19)3)29-20(23-22)14-6-8-24-9-7-14/h4-9,11,13,16,19-20,27H,10,12H2,1-3H3,(H,25,28)/q-1/t16-,19-,20?/m1/s1. The molecule has 0 fully saturated rings. The monoisotopic (exact) mass is 506 g/mol. The topological polar surface area (TPSA) is 74.7 Å². The number of likely N-dealkylation sites (N-methyl/N-ethyl adjacent to an activating group) is 1. The van der Waals surface area contributed by atoms with E-state index in [2.05, 4.69) is 10.3 Å². The number of carbonyl (C=O) groups is 1. The summed E-state index contributed by atoms with van der Waals surface area (Å²) >= 11 is -0.694. The first-order chi connectivity index (χ1) is 13.9. The van der Waals surface area contributed by atoms with Crippen LogP contribution in [-0.4, -0.2) is 47.4 Å². The summed E-state index contributed by atoms with van der Waals surface area (Å²) in [5.41, 5.74) is 9.07. The number of aliphatic hydroxyl groups is 1. The number of anilines is 1. The minimum atomic E-state index is -0.694. The second-order valence-corrected chi connectivity index (χ2v) is 9.37. The molecule has 1 aliphatic heterocycles. The molecule has 3 rings (SSSR count). The number of amides is 1. The van der Waals surface area contributed by atoms with Crippen molar-refractivity contribution in [3.05, 3.63) is 53.9 Å². The van der Waals surface area contributed by atoms with Crippen LogP contribution in [0.15, 0.2) is 42.7 Å². The van der Waals surface area contributed by atoms with Crippen LogP contribution in [-0.2, 0) is 11.2 Å². The molecule has 154 valence electrons. The van der Waals surface area contributed by atoms with Crippen LogP contribution in [0.5, 0.6) is 5.75 Å². The first kappa shape index (κ1) is 21.9. The van der Waals surface area contributed by atoms with Gasteiger partial charge in [0.1, 0.15) is 0 Å². The van der Waals surface area contributed by atoms with E-state index >= 15 is 0 Å². The summed E-state index contributed by atoms with van der Waals surface area (Å²) in [6.45, 7) is 3.95. The SMILES string of the molecule is [B][I-]C(Oc1ccc2c(c1)N(C)[C@H](C(C)C)C(=O)N[C@@H](CO)C2)c1ccncc1. The number of rotatable bonds is 6. The van der Waals surface area contributed by atoms with E-state index in [1.54, 1.807) is 12.4 Å². The minimum absolute atomic E-state index is 0.0685. The van der Waals surface area contributed by atoms with Gasteiger partial charge in [0.15, 0.2) is 0 Å². The van der Waals surface area contributed by atoms with Crippen LogP contribution < -0.4 is 35.9 Å². The van der Waals surface area contributed by atoms with Crippen molar-refractivity contribution in [2.45, 2.75) is 36.5 Å². The fourth-order valence-corrected chi connectivity index (χ4v) is 4.98. The number of nitrogens with zero attached hydrogens (tertiary/aromatic N) is 2.